The fourth-order valence-corrected chi connectivity index (χ4v) is 4.24. The lowest BCUT2D eigenvalue weighted by atomic mass is 9.97. The van der Waals surface area contributed by atoms with Gasteiger partial charge < -0.3 is 0 Å². The second-order valence-corrected chi connectivity index (χ2v) is 7.71. The maximum Gasteiger partial charge on any atom is 0.162 e. The van der Waals surface area contributed by atoms with E-state index in [0.717, 1.165) is 44.2 Å². The van der Waals surface area contributed by atoms with Gasteiger partial charge in [-0.2, -0.15) is 0 Å². The Morgan fingerprint density at radius 1 is 0.469 bits per heavy atom. The second kappa shape index (κ2) is 7.71. The molecular weight excluding hydrogens is 390 g/mol. The van der Waals surface area contributed by atoms with Gasteiger partial charge in [0.2, 0.25) is 0 Å². The normalized spacial score (nSPS) is 11.1. The summed E-state index contributed by atoms with van der Waals surface area (Å²) >= 11 is 0. The molecule has 0 atom stereocenters. The highest BCUT2D eigenvalue weighted by molar-refractivity contribution is 6.03. The van der Waals surface area contributed by atoms with Crippen LogP contribution in [0.2, 0.25) is 0 Å². The van der Waals surface area contributed by atoms with Crippen LogP contribution < -0.4 is 0 Å². The highest BCUT2D eigenvalue weighted by Gasteiger charge is 2.15. The number of hydrogen-bond acceptors (Lipinski definition) is 3. The molecule has 3 heteroatoms. The van der Waals surface area contributed by atoms with Crippen molar-refractivity contribution in [3.63, 3.8) is 0 Å². The predicted octanol–water partition coefficient (Wildman–Crippen LogP) is 7.18. The van der Waals surface area contributed by atoms with Crippen LogP contribution >= 0.6 is 0 Å². The molecule has 6 rings (SSSR count). The summed E-state index contributed by atoms with van der Waals surface area (Å²) in [4.78, 5) is 14.7. The minimum Gasteiger partial charge on any atom is -0.255 e. The molecule has 32 heavy (non-hydrogen) atoms. The first kappa shape index (κ1) is 18.4. The van der Waals surface area contributed by atoms with Crippen molar-refractivity contribution in [1.29, 1.82) is 0 Å². The Bertz CT molecular complexity index is 1560. The summed E-state index contributed by atoms with van der Waals surface area (Å²) in [6.45, 7) is 0. The Morgan fingerprint density at radius 2 is 1.12 bits per heavy atom. The van der Waals surface area contributed by atoms with E-state index < -0.39 is 0 Å². The first-order valence-corrected chi connectivity index (χ1v) is 10.6. The SMILES string of the molecule is c1ccc(-c2nc(-c3ccc(-c4ccccc4)c4cccnc34)nc3ccccc23)cc1. The molecule has 3 nitrogen and oxygen atoms in total. The molecule has 0 radical (unpaired) electrons. The monoisotopic (exact) mass is 409 g/mol. The van der Waals surface area contributed by atoms with Crippen LogP contribution in [0.3, 0.4) is 0 Å². The quantitative estimate of drug-likeness (QED) is 0.311. The van der Waals surface area contributed by atoms with Crippen LogP contribution in [0.1, 0.15) is 0 Å². The lowest BCUT2D eigenvalue weighted by Gasteiger charge is -2.13. The highest BCUT2D eigenvalue weighted by Crippen LogP contribution is 2.35. The molecule has 0 N–H and O–H groups in total. The van der Waals surface area contributed by atoms with Gasteiger partial charge in [0.05, 0.1) is 16.7 Å². The third-order valence-electron chi connectivity index (χ3n) is 5.75. The zero-order chi connectivity index (χ0) is 21.3. The molecule has 6 aromatic rings. The number of rotatable bonds is 3. The van der Waals surface area contributed by atoms with Gasteiger partial charge in [-0.25, -0.2) is 9.97 Å². The van der Waals surface area contributed by atoms with Crippen molar-refractivity contribution >= 4 is 21.8 Å². The van der Waals surface area contributed by atoms with Crippen molar-refractivity contribution in [3.05, 3.63) is 115 Å². The summed E-state index contributed by atoms with van der Waals surface area (Å²) in [7, 11) is 0. The number of aromatic nitrogens is 3. The Kier molecular flexibility index (Phi) is 4.43. The summed E-state index contributed by atoms with van der Waals surface area (Å²) in [5.41, 5.74) is 7.09. The summed E-state index contributed by atoms with van der Waals surface area (Å²) in [6, 6.07) is 37.2. The molecule has 0 fully saturated rings. The zero-order valence-electron chi connectivity index (χ0n) is 17.3. The summed E-state index contributed by atoms with van der Waals surface area (Å²) in [5, 5.41) is 2.13. The average molecular weight is 409 g/mol. The van der Waals surface area contributed by atoms with Gasteiger partial charge in [0.1, 0.15) is 0 Å². The molecule has 0 aliphatic heterocycles. The molecule has 2 heterocycles. The largest absolute Gasteiger partial charge is 0.255 e. The fourth-order valence-electron chi connectivity index (χ4n) is 4.24. The van der Waals surface area contributed by atoms with Gasteiger partial charge in [-0.1, -0.05) is 91.0 Å². The zero-order valence-corrected chi connectivity index (χ0v) is 17.3. The number of benzene rings is 4. The van der Waals surface area contributed by atoms with Gasteiger partial charge in [-0.05, 0) is 29.3 Å². The van der Waals surface area contributed by atoms with Gasteiger partial charge in [-0.15, -0.1) is 0 Å². The van der Waals surface area contributed by atoms with Crippen molar-refractivity contribution in [2.45, 2.75) is 0 Å². The smallest absolute Gasteiger partial charge is 0.162 e. The van der Waals surface area contributed by atoms with E-state index in [-0.39, 0.29) is 0 Å². The molecule has 0 saturated heterocycles. The van der Waals surface area contributed by atoms with E-state index in [1.807, 2.05) is 54.7 Å². The lowest BCUT2D eigenvalue weighted by molar-refractivity contribution is 1.23. The minimum absolute atomic E-state index is 0.686. The average Bonchev–Trinajstić information content (AvgIpc) is 2.88. The second-order valence-electron chi connectivity index (χ2n) is 7.71. The predicted molar refractivity (Wildman–Crippen MR) is 131 cm³/mol. The van der Waals surface area contributed by atoms with E-state index in [1.54, 1.807) is 0 Å². The summed E-state index contributed by atoms with van der Waals surface area (Å²) in [6.07, 6.45) is 1.83. The van der Waals surface area contributed by atoms with Gasteiger partial charge in [-0.3, -0.25) is 4.98 Å². The minimum atomic E-state index is 0.686. The summed E-state index contributed by atoms with van der Waals surface area (Å²) in [5.74, 6) is 0.686. The van der Waals surface area contributed by atoms with Crippen LogP contribution in [0.5, 0.6) is 0 Å². The standard InChI is InChI=1S/C29H19N3/c1-3-10-20(11-4-1)22-17-18-25(28-23(22)15-9-19-30-28)29-31-26-16-8-7-14-24(26)27(32-29)21-12-5-2-6-13-21/h1-19H. The molecule has 0 amide bonds. The van der Waals surface area contributed by atoms with Crippen LogP contribution in [0.25, 0.3) is 55.6 Å². The molecule has 4 aromatic carbocycles. The van der Waals surface area contributed by atoms with Crippen molar-refractivity contribution < 1.29 is 0 Å². The number of pyridine rings is 1. The molecule has 0 unspecified atom stereocenters. The van der Waals surface area contributed by atoms with Crippen LogP contribution in [0.15, 0.2) is 115 Å². The molecule has 0 aliphatic carbocycles. The Hall–Kier alpha value is -4.37. The summed E-state index contributed by atoms with van der Waals surface area (Å²) < 4.78 is 0. The van der Waals surface area contributed by atoms with Crippen molar-refractivity contribution in [1.82, 2.24) is 15.0 Å². The van der Waals surface area contributed by atoms with Gasteiger partial charge in [0, 0.05) is 28.1 Å². The van der Waals surface area contributed by atoms with E-state index >= 15 is 0 Å². The van der Waals surface area contributed by atoms with E-state index in [1.165, 1.54) is 5.56 Å². The fraction of sp³-hybridized carbons (Fsp3) is 0. The van der Waals surface area contributed by atoms with Crippen LogP contribution in [-0.4, -0.2) is 15.0 Å². The maximum atomic E-state index is 5.04. The van der Waals surface area contributed by atoms with Crippen LogP contribution in [0.4, 0.5) is 0 Å². The third-order valence-corrected chi connectivity index (χ3v) is 5.75. The van der Waals surface area contributed by atoms with Crippen molar-refractivity contribution in [2.75, 3.05) is 0 Å². The van der Waals surface area contributed by atoms with E-state index in [9.17, 15) is 0 Å². The van der Waals surface area contributed by atoms with Gasteiger partial charge >= 0.3 is 0 Å². The Morgan fingerprint density at radius 3 is 1.94 bits per heavy atom. The van der Waals surface area contributed by atoms with E-state index in [4.69, 9.17) is 15.0 Å². The number of para-hydroxylation sites is 1. The molecule has 0 bridgehead atoms. The molecule has 2 aromatic heterocycles. The molecule has 0 spiro atoms. The first-order chi connectivity index (χ1) is 15.9. The van der Waals surface area contributed by atoms with Crippen molar-refractivity contribution in [3.8, 4) is 33.8 Å². The van der Waals surface area contributed by atoms with E-state index in [2.05, 4.69) is 60.7 Å². The Balaban J connectivity index is 1.63. The molecular formula is C29H19N3. The lowest BCUT2D eigenvalue weighted by Crippen LogP contribution is -1.97. The van der Waals surface area contributed by atoms with Crippen LogP contribution in [-0.2, 0) is 0 Å². The molecule has 150 valence electrons. The van der Waals surface area contributed by atoms with Gasteiger partial charge in [0.15, 0.2) is 5.82 Å². The third kappa shape index (κ3) is 3.12. The van der Waals surface area contributed by atoms with Gasteiger partial charge in [0.25, 0.3) is 0 Å². The number of fused-ring (bicyclic) bond motifs is 2. The van der Waals surface area contributed by atoms with Crippen LogP contribution in [0, 0.1) is 0 Å². The topological polar surface area (TPSA) is 38.7 Å². The highest BCUT2D eigenvalue weighted by atomic mass is 14.9. The maximum absolute atomic E-state index is 5.04. The number of hydrogen-bond donors (Lipinski definition) is 0. The molecule has 0 saturated carbocycles. The first-order valence-electron chi connectivity index (χ1n) is 10.6. The Labute approximate surface area is 186 Å². The number of nitrogens with zero attached hydrogens (tertiary/aromatic N) is 3. The van der Waals surface area contributed by atoms with Crippen molar-refractivity contribution in [2.24, 2.45) is 0 Å². The van der Waals surface area contributed by atoms with E-state index in [0.29, 0.717) is 5.82 Å². The molecule has 0 aliphatic rings.